The highest BCUT2D eigenvalue weighted by Crippen LogP contribution is 2.22. The monoisotopic (exact) mass is 430 g/mol. The minimum atomic E-state index is 0. The molecule has 0 bridgehead atoms. The smallest absolute Gasteiger partial charge is 0.191 e. The van der Waals surface area contributed by atoms with Crippen LogP contribution in [0.3, 0.4) is 0 Å². The van der Waals surface area contributed by atoms with Crippen molar-refractivity contribution >= 4 is 35.6 Å². The Labute approximate surface area is 158 Å². The van der Waals surface area contributed by atoms with Gasteiger partial charge in [-0.25, -0.2) is 0 Å². The summed E-state index contributed by atoms with van der Waals surface area (Å²) in [4.78, 5) is 6.80. The van der Waals surface area contributed by atoms with Crippen LogP contribution in [-0.4, -0.2) is 38.7 Å². The fraction of sp³-hybridized carbons (Fsp3) is 0.611. The maximum absolute atomic E-state index is 4.33. The van der Waals surface area contributed by atoms with Crippen molar-refractivity contribution in [1.29, 1.82) is 0 Å². The molecule has 1 aromatic rings. The third-order valence-electron chi connectivity index (χ3n) is 4.55. The minimum Gasteiger partial charge on any atom is -0.371 e. The van der Waals surface area contributed by atoms with Crippen LogP contribution in [0.25, 0.3) is 0 Å². The molecule has 4 nitrogen and oxygen atoms in total. The number of nitrogens with zero attached hydrogens (tertiary/aromatic N) is 2. The average Bonchev–Trinajstić information content (AvgIpc) is 3.00. The number of benzene rings is 1. The minimum absolute atomic E-state index is 0. The number of anilines is 1. The lowest BCUT2D eigenvalue weighted by atomic mass is 10.1. The van der Waals surface area contributed by atoms with E-state index in [9.17, 15) is 0 Å². The van der Waals surface area contributed by atoms with Crippen molar-refractivity contribution in [1.82, 2.24) is 10.6 Å². The number of halogens is 1. The van der Waals surface area contributed by atoms with Gasteiger partial charge in [-0.05, 0) is 37.3 Å². The first-order chi connectivity index (χ1) is 10.6. The molecule has 5 heteroatoms. The Kier molecular flexibility index (Phi) is 8.73. The summed E-state index contributed by atoms with van der Waals surface area (Å²) in [6, 6.07) is 11.1. The molecular formula is C18H31IN4. The molecule has 130 valence electrons. The molecule has 1 aromatic carbocycles. The van der Waals surface area contributed by atoms with Crippen molar-refractivity contribution in [2.24, 2.45) is 16.8 Å². The molecule has 2 rings (SSSR count). The van der Waals surface area contributed by atoms with Gasteiger partial charge in [-0.15, -0.1) is 24.0 Å². The molecule has 2 N–H and O–H groups in total. The lowest BCUT2D eigenvalue weighted by Crippen LogP contribution is -2.45. The Morgan fingerprint density at radius 3 is 2.57 bits per heavy atom. The van der Waals surface area contributed by atoms with Crippen LogP contribution in [-0.2, 0) is 0 Å². The summed E-state index contributed by atoms with van der Waals surface area (Å²) in [6.07, 6.45) is 1.23. The predicted octanol–water partition coefficient (Wildman–Crippen LogP) is 3.34. The van der Waals surface area contributed by atoms with Gasteiger partial charge in [-0.3, -0.25) is 4.99 Å². The molecule has 2 atom stereocenters. The number of rotatable bonds is 5. The van der Waals surface area contributed by atoms with Gasteiger partial charge < -0.3 is 15.5 Å². The molecule has 1 saturated heterocycles. The molecule has 0 radical (unpaired) electrons. The number of aliphatic imine (C=N–C) groups is 1. The van der Waals surface area contributed by atoms with Crippen LogP contribution >= 0.6 is 24.0 Å². The molecule has 0 spiro atoms. The Morgan fingerprint density at radius 2 is 1.96 bits per heavy atom. The van der Waals surface area contributed by atoms with E-state index in [1.165, 1.54) is 12.1 Å². The van der Waals surface area contributed by atoms with E-state index in [0.29, 0.717) is 17.9 Å². The highest BCUT2D eigenvalue weighted by molar-refractivity contribution is 14.0. The van der Waals surface area contributed by atoms with Gasteiger partial charge in [0.05, 0.1) is 0 Å². The van der Waals surface area contributed by atoms with Crippen LogP contribution in [0.15, 0.2) is 35.3 Å². The van der Waals surface area contributed by atoms with Crippen LogP contribution in [0, 0.1) is 11.8 Å². The standard InChI is InChI=1S/C18H30N4.HI/c1-14(2)15(3)21-18(19-4)20-12-16-10-11-22(13-16)17-8-6-5-7-9-17;/h5-9,14-16H,10-13H2,1-4H3,(H2,19,20,21);1H. The van der Waals surface area contributed by atoms with Gasteiger partial charge in [-0.1, -0.05) is 32.0 Å². The lowest BCUT2D eigenvalue weighted by Gasteiger charge is -2.22. The first-order valence-electron chi connectivity index (χ1n) is 8.37. The third-order valence-corrected chi connectivity index (χ3v) is 4.55. The predicted molar refractivity (Wildman–Crippen MR) is 111 cm³/mol. The average molecular weight is 430 g/mol. The van der Waals surface area contributed by atoms with E-state index in [0.717, 1.165) is 25.6 Å². The molecule has 1 fully saturated rings. The van der Waals surface area contributed by atoms with E-state index in [2.05, 4.69) is 71.6 Å². The van der Waals surface area contributed by atoms with Gasteiger partial charge in [-0.2, -0.15) is 0 Å². The van der Waals surface area contributed by atoms with Crippen molar-refractivity contribution in [2.45, 2.75) is 33.2 Å². The zero-order valence-electron chi connectivity index (χ0n) is 14.7. The summed E-state index contributed by atoms with van der Waals surface area (Å²) < 4.78 is 0. The quantitative estimate of drug-likeness (QED) is 0.428. The molecule has 0 saturated carbocycles. The van der Waals surface area contributed by atoms with E-state index in [1.807, 2.05) is 7.05 Å². The Balaban J connectivity index is 0.00000264. The summed E-state index contributed by atoms with van der Waals surface area (Å²) in [5, 5.41) is 6.94. The fourth-order valence-electron chi connectivity index (χ4n) is 2.69. The molecule has 23 heavy (non-hydrogen) atoms. The molecule has 0 aliphatic carbocycles. The Morgan fingerprint density at radius 1 is 1.26 bits per heavy atom. The first kappa shape index (κ1) is 20.1. The van der Waals surface area contributed by atoms with Crippen LogP contribution < -0.4 is 15.5 Å². The van der Waals surface area contributed by atoms with E-state index in [-0.39, 0.29) is 24.0 Å². The summed E-state index contributed by atoms with van der Waals surface area (Å²) in [6.45, 7) is 9.88. The van der Waals surface area contributed by atoms with Gasteiger partial charge in [0.25, 0.3) is 0 Å². The van der Waals surface area contributed by atoms with E-state index in [4.69, 9.17) is 0 Å². The van der Waals surface area contributed by atoms with Gasteiger partial charge in [0, 0.05) is 38.4 Å². The highest BCUT2D eigenvalue weighted by Gasteiger charge is 2.22. The molecule has 1 aliphatic rings. The second-order valence-corrected chi connectivity index (χ2v) is 6.57. The van der Waals surface area contributed by atoms with E-state index < -0.39 is 0 Å². The summed E-state index contributed by atoms with van der Waals surface area (Å²) in [5.74, 6) is 2.19. The van der Waals surface area contributed by atoms with E-state index in [1.54, 1.807) is 0 Å². The molecular weight excluding hydrogens is 399 g/mol. The van der Waals surface area contributed by atoms with Gasteiger partial charge in [0.2, 0.25) is 0 Å². The maximum Gasteiger partial charge on any atom is 0.191 e. The van der Waals surface area contributed by atoms with E-state index >= 15 is 0 Å². The van der Waals surface area contributed by atoms with Crippen LogP contribution in [0.2, 0.25) is 0 Å². The van der Waals surface area contributed by atoms with Crippen LogP contribution in [0.5, 0.6) is 0 Å². The molecule has 2 unspecified atom stereocenters. The SMILES string of the molecule is CN=C(NCC1CCN(c2ccccc2)C1)NC(C)C(C)C.I. The Hall–Kier alpha value is -0.980. The number of para-hydroxylation sites is 1. The van der Waals surface area contributed by atoms with Crippen molar-refractivity contribution in [3.63, 3.8) is 0 Å². The maximum atomic E-state index is 4.33. The lowest BCUT2D eigenvalue weighted by molar-refractivity contribution is 0.476. The Bertz CT molecular complexity index is 475. The third kappa shape index (κ3) is 6.20. The second kappa shape index (κ2) is 10.0. The van der Waals surface area contributed by atoms with Gasteiger partial charge in [0.15, 0.2) is 5.96 Å². The zero-order valence-corrected chi connectivity index (χ0v) is 17.1. The summed E-state index contributed by atoms with van der Waals surface area (Å²) in [5.41, 5.74) is 1.33. The van der Waals surface area contributed by atoms with Gasteiger partial charge in [0.1, 0.15) is 0 Å². The van der Waals surface area contributed by atoms with Crippen LogP contribution in [0.4, 0.5) is 5.69 Å². The first-order valence-corrected chi connectivity index (χ1v) is 8.37. The largest absolute Gasteiger partial charge is 0.371 e. The van der Waals surface area contributed by atoms with Crippen molar-refractivity contribution in [3.8, 4) is 0 Å². The second-order valence-electron chi connectivity index (χ2n) is 6.57. The fourth-order valence-corrected chi connectivity index (χ4v) is 2.69. The topological polar surface area (TPSA) is 39.7 Å². The van der Waals surface area contributed by atoms with Crippen LogP contribution in [0.1, 0.15) is 27.2 Å². The van der Waals surface area contributed by atoms with Crippen molar-refractivity contribution in [2.75, 3.05) is 31.6 Å². The molecule has 1 heterocycles. The normalized spacial score (nSPS) is 19.4. The van der Waals surface area contributed by atoms with Crippen molar-refractivity contribution in [3.05, 3.63) is 30.3 Å². The highest BCUT2D eigenvalue weighted by atomic mass is 127. The molecule has 0 aromatic heterocycles. The van der Waals surface area contributed by atoms with Crippen molar-refractivity contribution < 1.29 is 0 Å². The number of hydrogen-bond donors (Lipinski definition) is 2. The number of hydrogen-bond acceptors (Lipinski definition) is 2. The number of nitrogens with one attached hydrogen (secondary N) is 2. The summed E-state index contributed by atoms with van der Waals surface area (Å²) in [7, 11) is 1.84. The zero-order chi connectivity index (χ0) is 15.9. The van der Waals surface area contributed by atoms with Gasteiger partial charge >= 0.3 is 0 Å². The molecule has 0 amide bonds. The molecule has 1 aliphatic heterocycles. The number of guanidine groups is 1. The summed E-state index contributed by atoms with van der Waals surface area (Å²) >= 11 is 0.